The van der Waals surface area contributed by atoms with E-state index in [9.17, 15) is 0 Å². The monoisotopic (exact) mass is 340 g/mol. The van der Waals surface area contributed by atoms with E-state index in [-0.39, 0.29) is 5.54 Å². The van der Waals surface area contributed by atoms with Gasteiger partial charge < -0.3 is 15.0 Å². The first-order valence-corrected chi connectivity index (χ1v) is 8.18. The molecule has 112 valence electrons. The van der Waals surface area contributed by atoms with Gasteiger partial charge in [0, 0.05) is 23.2 Å². The van der Waals surface area contributed by atoms with Gasteiger partial charge in [0.2, 0.25) is 0 Å². The molecule has 1 aliphatic heterocycles. The number of halogens is 1. The summed E-state index contributed by atoms with van der Waals surface area (Å²) in [5.41, 5.74) is 2.64. The Morgan fingerprint density at radius 3 is 2.85 bits per heavy atom. The average molecular weight is 341 g/mol. The fraction of sp³-hybridized carbons (Fsp3) is 0.625. The zero-order valence-corrected chi connectivity index (χ0v) is 14.3. The molecule has 1 N–H and O–H groups in total. The molecule has 1 aromatic carbocycles. The predicted molar refractivity (Wildman–Crippen MR) is 88.4 cm³/mol. The number of ether oxygens (including phenoxy) is 1. The molecule has 0 aliphatic carbocycles. The zero-order chi connectivity index (χ0) is 14.6. The Labute approximate surface area is 130 Å². The van der Waals surface area contributed by atoms with Crippen molar-refractivity contribution in [3.63, 3.8) is 0 Å². The van der Waals surface area contributed by atoms with Gasteiger partial charge in [0.25, 0.3) is 0 Å². The first kappa shape index (κ1) is 15.8. The molecule has 4 heteroatoms. The topological polar surface area (TPSA) is 24.5 Å². The van der Waals surface area contributed by atoms with Crippen molar-refractivity contribution in [2.45, 2.75) is 39.3 Å². The van der Waals surface area contributed by atoms with Crippen molar-refractivity contribution in [3.05, 3.63) is 28.2 Å². The normalized spacial score (nSPS) is 18.3. The summed E-state index contributed by atoms with van der Waals surface area (Å²) < 4.78 is 6.77. The second-order valence-electron chi connectivity index (χ2n) is 5.97. The summed E-state index contributed by atoms with van der Waals surface area (Å²) in [5.74, 6) is 0. The molecule has 0 radical (unpaired) electrons. The highest BCUT2D eigenvalue weighted by molar-refractivity contribution is 9.10. The Balaban J connectivity index is 2.11. The fourth-order valence-electron chi connectivity index (χ4n) is 2.58. The molecule has 0 unspecified atom stereocenters. The molecule has 1 aliphatic rings. The number of nitrogens with zero attached hydrogens (tertiary/aromatic N) is 1. The van der Waals surface area contributed by atoms with Gasteiger partial charge in [-0.25, -0.2) is 0 Å². The van der Waals surface area contributed by atoms with Crippen molar-refractivity contribution in [1.29, 1.82) is 0 Å². The number of hydrogen-bond acceptors (Lipinski definition) is 3. The molecule has 3 nitrogen and oxygen atoms in total. The summed E-state index contributed by atoms with van der Waals surface area (Å²) in [6, 6.07) is 6.67. The molecule has 0 aromatic heterocycles. The van der Waals surface area contributed by atoms with Gasteiger partial charge in [-0.15, -0.1) is 0 Å². The summed E-state index contributed by atoms with van der Waals surface area (Å²) in [4.78, 5) is 2.44. The van der Waals surface area contributed by atoms with Gasteiger partial charge in [-0.05, 0) is 44.5 Å². The third kappa shape index (κ3) is 3.74. The predicted octanol–water partition coefficient (Wildman–Crippen LogP) is 3.56. The molecule has 1 heterocycles. The van der Waals surface area contributed by atoms with Crippen LogP contribution in [0.1, 0.15) is 32.8 Å². The largest absolute Gasteiger partial charge is 0.377 e. The van der Waals surface area contributed by atoms with Crippen LogP contribution in [-0.4, -0.2) is 31.8 Å². The van der Waals surface area contributed by atoms with E-state index in [4.69, 9.17) is 4.74 Å². The van der Waals surface area contributed by atoms with Crippen LogP contribution in [0.15, 0.2) is 22.7 Å². The first-order valence-electron chi connectivity index (χ1n) is 7.39. The highest BCUT2D eigenvalue weighted by Gasteiger charge is 2.30. The van der Waals surface area contributed by atoms with Crippen molar-refractivity contribution in [2.75, 3.05) is 31.2 Å². The van der Waals surface area contributed by atoms with Gasteiger partial charge in [0.15, 0.2) is 0 Å². The number of anilines is 1. The maximum absolute atomic E-state index is 5.59. The van der Waals surface area contributed by atoms with Crippen molar-refractivity contribution < 1.29 is 4.74 Å². The zero-order valence-electron chi connectivity index (χ0n) is 12.7. The van der Waals surface area contributed by atoms with Crippen LogP contribution in [0, 0.1) is 0 Å². The van der Waals surface area contributed by atoms with E-state index >= 15 is 0 Å². The number of benzene rings is 1. The van der Waals surface area contributed by atoms with Crippen LogP contribution in [0.25, 0.3) is 0 Å². The van der Waals surface area contributed by atoms with E-state index in [1.54, 1.807) is 0 Å². The first-order chi connectivity index (χ1) is 9.54. The molecular formula is C16H25BrN2O. The van der Waals surface area contributed by atoms with Crippen LogP contribution in [0.3, 0.4) is 0 Å². The molecule has 20 heavy (non-hydrogen) atoms. The highest BCUT2D eigenvalue weighted by Crippen LogP contribution is 2.30. The molecule has 0 bridgehead atoms. The van der Waals surface area contributed by atoms with Gasteiger partial charge in [0.05, 0.1) is 18.8 Å². The Hall–Kier alpha value is -0.580. The van der Waals surface area contributed by atoms with E-state index in [0.717, 1.165) is 39.3 Å². The highest BCUT2D eigenvalue weighted by atomic mass is 79.9. The van der Waals surface area contributed by atoms with E-state index in [1.165, 1.54) is 15.7 Å². The quantitative estimate of drug-likeness (QED) is 0.829. The minimum atomic E-state index is 0.0552. The van der Waals surface area contributed by atoms with E-state index in [1.807, 2.05) is 0 Å². The third-order valence-electron chi connectivity index (χ3n) is 3.74. The van der Waals surface area contributed by atoms with E-state index in [2.05, 4.69) is 65.1 Å². The summed E-state index contributed by atoms with van der Waals surface area (Å²) >= 11 is 3.71. The molecular weight excluding hydrogens is 316 g/mol. The SMILES string of the molecule is CCCNCc1ccc(N2CCOCC2(C)C)cc1Br. The molecule has 0 amide bonds. The van der Waals surface area contributed by atoms with E-state index < -0.39 is 0 Å². The Bertz CT molecular complexity index is 448. The summed E-state index contributed by atoms with van der Waals surface area (Å²) in [5, 5.41) is 3.44. The summed E-state index contributed by atoms with van der Waals surface area (Å²) in [6.07, 6.45) is 1.16. The minimum absolute atomic E-state index is 0.0552. The lowest BCUT2D eigenvalue weighted by molar-refractivity contribution is 0.0644. The van der Waals surface area contributed by atoms with Gasteiger partial charge >= 0.3 is 0 Å². The van der Waals surface area contributed by atoms with Crippen LogP contribution in [-0.2, 0) is 11.3 Å². The van der Waals surface area contributed by atoms with Crippen molar-refractivity contribution in [2.24, 2.45) is 0 Å². The Morgan fingerprint density at radius 2 is 2.20 bits per heavy atom. The lowest BCUT2D eigenvalue weighted by Gasteiger charge is -2.44. The van der Waals surface area contributed by atoms with Crippen LogP contribution in [0.5, 0.6) is 0 Å². The number of hydrogen-bond donors (Lipinski definition) is 1. The fourth-order valence-corrected chi connectivity index (χ4v) is 3.09. The molecule has 0 saturated carbocycles. The lowest BCUT2D eigenvalue weighted by atomic mass is 10.0. The second kappa shape index (κ2) is 6.92. The molecule has 1 fully saturated rings. The Kier molecular flexibility index (Phi) is 5.47. The van der Waals surface area contributed by atoms with Crippen LogP contribution >= 0.6 is 15.9 Å². The van der Waals surface area contributed by atoms with Gasteiger partial charge in [-0.2, -0.15) is 0 Å². The van der Waals surface area contributed by atoms with Crippen LogP contribution in [0.4, 0.5) is 5.69 Å². The minimum Gasteiger partial charge on any atom is -0.377 e. The average Bonchev–Trinajstić information content (AvgIpc) is 2.40. The van der Waals surface area contributed by atoms with Gasteiger partial charge in [0.1, 0.15) is 0 Å². The molecule has 1 aromatic rings. The van der Waals surface area contributed by atoms with Crippen LogP contribution < -0.4 is 10.2 Å². The lowest BCUT2D eigenvalue weighted by Crippen LogP contribution is -2.53. The van der Waals surface area contributed by atoms with Gasteiger partial charge in [-0.3, -0.25) is 0 Å². The summed E-state index contributed by atoms with van der Waals surface area (Å²) in [6.45, 7) is 11.2. The standard InChI is InChI=1S/C16H25BrN2O/c1-4-7-18-11-13-5-6-14(10-15(13)17)19-8-9-20-12-16(19,2)3/h5-6,10,18H,4,7-9,11-12H2,1-3H3. The summed E-state index contributed by atoms with van der Waals surface area (Å²) in [7, 11) is 0. The van der Waals surface area contributed by atoms with Gasteiger partial charge in [-0.1, -0.05) is 28.9 Å². The Morgan fingerprint density at radius 1 is 1.40 bits per heavy atom. The molecule has 0 atom stereocenters. The van der Waals surface area contributed by atoms with Crippen LogP contribution in [0.2, 0.25) is 0 Å². The van der Waals surface area contributed by atoms with Crippen molar-refractivity contribution in [1.82, 2.24) is 5.32 Å². The molecule has 2 rings (SSSR count). The molecule has 0 spiro atoms. The maximum atomic E-state index is 5.59. The second-order valence-corrected chi connectivity index (χ2v) is 6.82. The van der Waals surface area contributed by atoms with Crippen molar-refractivity contribution >= 4 is 21.6 Å². The third-order valence-corrected chi connectivity index (χ3v) is 4.47. The van der Waals surface area contributed by atoms with E-state index in [0.29, 0.717) is 0 Å². The number of rotatable bonds is 5. The van der Waals surface area contributed by atoms with Crippen molar-refractivity contribution in [3.8, 4) is 0 Å². The number of morpholine rings is 1. The number of nitrogens with one attached hydrogen (secondary N) is 1. The smallest absolute Gasteiger partial charge is 0.0694 e. The maximum Gasteiger partial charge on any atom is 0.0694 e. The molecule has 1 saturated heterocycles.